The number of ether oxygens (including phenoxy) is 12. The molecule has 0 bridgehead atoms. The van der Waals surface area contributed by atoms with Crippen LogP contribution in [0.2, 0.25) is 0 Å². The number of fused-ring (bicyclic) bond motifs is 3. The van der Waals surface area contributed by atoms with Crippen LogP contribution in [0.15, 0.2) is 183 Å². The Morgan fingerprint density at radius 3 is 0.692 bits per heavy atom. The van der Waals surface area contributed by atoms with E-state index in [2.05, 4.69) is 44.2 Å². The molecule has 0 heterocycles. The van der Waals surface area contributed by atoms with E-state index >= 15 is 0 Å². The van der Waals surface area contributed by atoms with Gasteiger partial charge in [0.2, 0.25) is 0 Å². The number of hydrogen-bond donors (Lipinski definition) is 6. The minimum absolute atomic E-state index is 0.130. The third kappa shape index (κ3) is 28.8. The number of benzene rings is 6. The van der Waals surface area contributed by atoms with E-state index in [0.29, 0.717) is 32.3 Å². The van der Waals surface area contributed by atoms with Crippen molar-refractivity contribution >= 4 is 104 Å². The molecule has 0 aliphatic heterocycles. The number of hydrogen-bond acceptors (Lipinski definition) is 30. The zero-order chi connectivity index (χ0) is 79.6. The molecule has 6 aromatic rings. The Kier molecular flexibility index (Phi) is 35.8. The zero-order valence-electron chi connectivity index (χ0n) is 59.1. The maximum atomic E-state index is 13.0. The first-order valence-corrected chi connectivity index (χ1v) is 32.2. The van der Waals surface area contributed by atoms with Gasteiger partial charge in [-0.2, -0.15) is 0 Å². The van der Waals surface area contributed by atoms with E-state index in [1.807, 2.05) is 0 Å². The van der Waals surface area contributed by atoms with E-state index in [1.165, 1.54) is 71.0 Å². The van der Waals surface area contributed by atoms with Crippen molar-refractivity contribution in [1.82, 2.24) is 0 Å². The van der Waals surface area contributed by atoms with Gasteiger partial charge >= 0.3 is 71.6 Å². The highest BCUT2D eigenvalue weighted by atomic mass is 16.6. The van der Waals surface area contributed by atoms with E-state index in [9.17, 15) is 88.2 Å². The summed E-state index contributed by atoms with van der Waals surface area (Å²) in [7, 11) is 0. The Labute approximate surface area is 613 Å². The molecule has 0 radical (unpaired) electrons. The van der Waals surface area contributed by atoms with Crippen molar-refractivity contribution in [2.75, 3.05) is 79.3 Å². The second-order valence-corrected chi connectivity index (χ2v) is 23.3. The number of aliphatic hydroxyl groups is 6. The Morgan fingerprint density at radius 1 is 0.308 bits per heavy atom. The Bertz CT molecular complexity index is 4220. The molecule has 0 spiro atoms. The molecule has 107 heavy (non-hydrogen) atoms. The van der Waals surface area contributed by atoms with Gasteiger partial charge in [0.05, 0.1) is 53.2 Å². The molecule has 570 valence electrons. The fourth-order valence-electron chi connectivity index (χ4n) is 8.35. The molecule has 0 aliphatic carbocycles. The summed E-state index contributed by atoms with van der Waals surface area (Å²) in [5.74, 6) is -10.0. The lowest BCUT2D eigenvalue weighted by Gasteiger charge is -2.19. The van der Waals surface area contributed by atoms with Gasteiger partial charge in [-0.3, -0.25) is 0 Å². The first-order chi connectivity index (χ1) is 50.7. The number of aliphatic hydroxyl groups excluding tert-OH is 6. The summed E-state index contributed by atoms with van der Waals surface area (Å²) >= 11 is 0. The molecule has 30 heteroatoms. The minimum atomic E-state index is -1.31. The summed E-state index contributed by atoms with van der Waals surface area (Å²) in [5.41, 5.74) is -0.250. The van der Waals surface area contributed by atoms with Gasteiger partial charge in [0.25, 0.3) is 0 Å². The van der Waals surface area contributed by atoms with Crippen LogP contribution in [-0.2, 0) is 85.6 Å². The summed E-state index contributed by atoms with van der Waals surface area (Å²) in [4.78, 5) is 146. The first-order valence-electron chi connectivity index (χ1n) is 32.2. The van der Waals surface area contributed by atoms with Gasteiger partial charge < -0.3 is 87.5 Å². The van der Waals surface area contributed by atoms with Gasteiger partial charge in [-0.25, -0.2) is 57.5 Å². The Hall–Kier alpha value is -12.1. The molecule has 6 aromatic carbocycles. The van der Waals surface area contributed by atoms with E-state index in [-0.39, 0.29) is 61.2 Å². The van der Waals surface area contributed by atoms with Crippen molar-refractivity contribution in [1.29, 1.82) is 0 Å². The molecule has 30 nitrogen and oxygen atoms in total. The van der Waals surface area contributed by atoms with Crippen molar-refractivity contribution in [3.8, 4) is 0 Å². The summed E-state index contributed by atoms with van der Waals surface area (Å²) in [6.07, 6.45) is -6.59. The molecule has 0 saturated carbocycles. The molecule has 6 rings (SSSR count). The molecule has 0 amide bonds. The van der Waals surface area contributed by atoms with Crippen molar-refractivity contribution in [2.24, 2.45) is 0 Å². The lowest BCUT2D eigenvalue weighted by Crippen LogP contribution is -2.31. The molecule has 0 saturated heterocycles. The molecular weight excluding hydrogens is 1400 g/mol. The van der Waals surface area contributed by atoms with Gasteiger partial charge in [0, 0.05) is 33.9 Å². The van der Waals surface area contributed by atoms with Crippen LogP contribution in [0.1, 0.15) is 96.8 Å². The van der Waals surface area contributed by atoms with Crippen LogP contribution in [0.25, 0.3) is 32.3 Å². The van der Waals surface area contributed by atoms with Crippen LogP contribution in [-0.4, -0.2) is 218 Å². The second kappa shape index (κ2) is 43.9. The van der Waals surface area contributed by atoms with Crippen molar-refractivity contribution in [3.05, 3.63) is 216 Å². The van der Waals surface area contributed by atoms with Crippen LogP contribution in [0.4, 0.5) is 0 Å². The van der Waals surface area contributed by atoms with E-state index < -0.39 is 188 Å². The maximum Gasteiger partial charge on any atom is 0.339 e. The predicted octanol–water partition coefficient (Wildman–Crippen LogP) is 5.95. The predicted molar refractivity (Wildman–Crippen MR) is 380 cm³/mol. The lowest BCUT2D eigenvalue weighted by molar-refractivity contribution is -0.143. The highest BCUT2D eigenvalue weighted by Crippen LogP contribution is 2.27. The SMILES string of the molecule is C=C(C)C(=O)OCC(CO)OC(=O)c1cc2ccccc2cc1C(=O)OC(CO)COC(=O)C(=C)C.C=C(C)C(=O)OCC(O)COC(=O)c1cc2ccccc2cc1C(=O)OC(CO)COC(=O)C(=C)C.C=CC(=O)OCC(O)COC(=O)c1cc2ccccc2cc1C(=O)OCC(O)COC(=O)C(=C)C. The summed E-state index contributed by atoms with van der Waals surface area (Å²) < 4.78 is 60.1. The van der Waals surface area contributed by atoms with Gasteiger partial charge in [-0.15, -0.1) is 0 Å². The zero-order valence-corrected chi connectivity index (χ0v) is 59.1. The van der Waals surface area contributed by atoms with Crippen LogP contribution < -0.4 is 0 Å². The summed E-state index contributed by atoms with van der Waals surface area (Å²) in [6.45, 7) is 21.6. The van der Waals surface area contributed by atoms with E-state index in [4.69, 9.17) is 52.1 Å². The highest BCUT2D eigenvalue weighted by molar-refractivity contribution is 6.10. The normalized spacial score (nSPS) is 12.2. The van der Waals surface area contributed by atoms with Gasteiger partial charge in [-0.1, -0.05) is 112 Å². The molecule has 6 atom stereocenters. The number of carbonyl (C=O) groups is 12. The maximum absolute atomic E-state index is 13.0. The number of rotatable bonds is 36. The van der Waals surface area contributed by atoms with Crippen molar-refractivity contribution in [3.63, 3.8) is 0 Å². The van der Waals surface area contributed by atoms with E-state index in [0.717, 1.165) is 6.08 Å². The smallest absolute Gasteiger partial charge is 0.339 e. The fraction of sp³-hybridized carbons (Fsp3) is 0.299. The van der Waals surface area contributed by atoms with Gasteiger partial charge in [0.1, 0.15) is 77.8 Å². The third-order valence-electron chi connectivity index (χ3n) is 14.0. The number of carbonyl (C=O) groups excluding carboxylic acids is 12. The van der Waals surface area contributed by atoms with E-state index in [1.54, 1.807) is 72.8 Å². The summed E-state index contributed by atoms with van der Waals surface area (Å²) in [5, 5.41) is 62.2. The standard InChI is InChI=1S/2C26H28O10.C25H26O10/c1-15(2)23(29)33-12-19(28)13-34-25(31)21-9-17-7-5-6-8-18(17)10-22(21)26(32)36-20(11-27)14-35-24(30)16(3)4;1-15(2)23(29)33-13-19(11-27)35-25(31)21-9-17-7-5-6-8-18(17)10-22(21)26(32)36-20(12-28)14-34-24(30)16(3)4;1-4-22(28)32-11-18(26)13-34-24(30)20-9-16-7-5-6-8-17(16)10-21(20)25(31)35-14-19(27)12-33-23(29)15(2)3/h2*5-10,19-20,27-28H,1,3,11-14H2,2,4H3;4-10,18-19,26-27H,1-2,11-14H2,3H3. The van der Waals surface area contributed by atoms with Gasteiger partial charge in [-0.05, 0) is 103 Å². The largest absolute Gasteiger partial charge is 0.460 e. The quantitative estimate of drug-likeness (QED) is 0.0150. The fourth-order valence-corrected chi connectivity index (χ4v) is 8.35. The van der Waals surface area contributed by atoms with Crippen LogP contribution in [0, 0.1) is 0 Å². The average Bonchev–Trinajstić information content (AvgIpc) is 0.807. The van der Waals surface area contributed by atoms with Crippen LogP contribution in [0.3, 0.4) is 0 Å². The molecule has 6 unspecified atom stereocenters. The van der Waals surface area contributed by atoms with Crippen LogP contribution >= 0.6 is 0 Å². The monoisotopic (exact) mass is 1490 g/mol. The molecular formula is C77H82O30. The lowest BCUT2D eigenvalue weighted by atomic mass is 10.0. The number of esters is 12. The molecule has 0 aromatic heterocycles. The van der Waals surface area contributed by atoms with Crippen LogP contribution in [0.5, 0.6) is 0 Å². The van der Waals surface area contributed by atoms with Crippen molar-refractivity contribution in [2.45, 2.75) is 71.2 Å². The Balaban J connectivity index is 0.000000339. The second-order valence-electron chi connectivity index (χ2n) is 23.3. The minimum Gasteiger partial charge on any atom is -0.460 e. The Morgan fingerprint density at radius 2 is 0.495 bits per heavy atom. The van der Waals surface area contributed by atoms with Crippen molar-refractivity contribution < 1.29 is 145 Å². The molecule has 0 aliphatic rings. The highest BCUT2D eigenvalue weighted by Gasteiger charge is 2.30. The molecule has 6 N–H and O–H groups in total. The first kappa shape index (κ1) is 87.3. The average molecular weight is 1490 g/mol. The molecule has 0 fully saturated rings. The topological polar surface area (TPSA) is 437 Å². The van der Waals surface area contributed by atoms with Gasteiger partial charge in [0.15, 0.2) is 18.3 Å². The summed E-state index contributed by atoms with van der Waals surface area (Å²) in [6, 6.07) is 29.3. The third-order valence-corrected chi connectivity index (χ3v) is 14.0.